The Morgan fingerprint density at radius 1 is 0.692 bits per heavy atom. The second-order valence-corrected chi connectivity index (χ2v) is 15.7. The number of benzene rings is 4. The maximum absolute atomic E-state index is 5.11. The largest absolute Gasteiger partial charge is 0.308 e. The van der Waals surface area contributed by atoms with Gasteiger partial charge in [-0.15, -0.1) is 0 Å². The van der Waals surface area contributed by atoms with Crippen LogP contribution in [0.15, 0.2) is 60.8 Å². The van der Waals surface area contributed by atoms with Crippen molar-refractivity contribution in [1.82, 2.24) is 9.38 Å². The zero-order valence-corrected chi connectivity index (χ0v) is 27.7. The van der Waals surface area contributed by atoms with Gasteiger partial charge in [-0.05, 0) is 109 Å². The molecule has 0 fully saturated rings. The number of nitrogens with zero attached hydrogens (tertiary/aromatic N) is 2. The van der Waals surface area contributed by atoms with E-state index in [9.17, 15) is 0 Å². The zero-order valence-electron chi connectivity index (χ0n) is 23.3. The van der Waals surface area contributed by atoms with Crippen LogP contribution in [0.3, 0.4) is 0 Å². The zero-order chi connectivity index (χ0) is 27.4. The summed E-state index contributed by atoms with van der Waals surface area (Å²) < 4.78 is 5.23. The smallest absolute Gasteiger partial charge is 0.0823 e. The molecular formula is C35H32I2N2. The topological polar surface area (TPSA) is 17.3 Å². The molecule has 7 rings (SSSR count). The van der Waals surface area contributed by atoms with E-state index in [-0.39, 0.29) is 10.8 Å². The molecule has 3 aromatic heterocycles. The fraction of sp³-hybridized carbons (Fsp3) is 0.286. The molecule has 0 aliphatic heterocycles. The normalized spacial score (nSPS) is 13.3. The van der Waals surface area contributed by atoms with E-state index in [2.05, 4.69) is 146 Å². The van der Waals surface area contributed by atoms with Crippen molar-refractivity contribution in [3.63, 3.8) is 0 Å². The lowest BCUT2D eigenvalue weighted by Gasteiger charge is -2.24. The molecule has 0 spiro atoms. The molecule has 2 nitrogen and oxygen atoms in total. The SMILES string of the molecule is CC(C)(C)Cc1ccc2c(CC(C)(C)C)c3c(cc2c1)c1nccc2c(I)c(I)c4c5ccccc5n3c4c21. The molecule has 4 aromatic carbocycles. The van der Waals surface area contributed by atoms with E-state index in [1.807, 2.05) is 6.20 Å². The van der Waals surface area contributed by atoms with Crippen molar-refractivity contribution in [2.24, 2.45) is 10.8 Å². The molecule has 0 aliphatic carbocycles. The van der Waals surface area contributed by atoms with Crippen molar-refractivity contribution < 1.29 is 0 Å². The number of hydrogen-bond acceptors (Lipinski definition) is 1. The third-order valence-corrected chi connectivity index (χ3v) is 11.1. The third-order valence-electron chi connectivity index (χ3n) is 7.91. The second kappa shape index (κ2) is 8.65. The summed E-state index contributed by atoms with van der Waals surface area (Å²) in [6.07, 6.45) is 4.06. The lowest BCUT2D eigenvalue weighted by Crippen LogP contribution is -2.12. The van der Waals surface area contributed by atoms with Crippen LogP contribution < -0.4 is 0 Å². The van der Waals surface area contributed by atoms with Crippen molar-refractivity contribution in [2.75, 3.05) is 0 Å². The highest BCUT2D eigenvalue weighted by atomic mass is 127. The van der Waals surface area contributed by atoms with Crippen LogP contribution >= 0.6 is 45.2 Å². The summed E-state index contributed by atoms with van der Waals surface area (Å²) in [6.45, 7) is 14.0. The first kappa shape index (κ1) is 25.8. The number of pyridine rings is 2. The molecule has 0 saturated heterocycles. The van der Waals surface area contributed by atoms with E-state index in [0.717, 1.165) is 18.4 Å². The average Bonchev–Trinajstić information content (AvgIpc) is 3.20. The lowest BCUT2D eigenvalue weighted by molar-refractivity contribution is 0.411. The summed E-state index contributed by atoms with van der Waals surface area (Å²) >= 11 is 5.11. The molecule has 0 atom stereocenters. The Morgan fingerprint density at radius 2 is 1.44 bits per heavy atom. The molecule has 39 heavy (non-hydrogen) atoms. The van der Waals surface area contributed by atoms with Crippen LogP contribution in [0.1, 0.15) is 52.7 Å². The molecular weight excluding hydrogens is 702 g/mol. The van der Waals surface area contributed by atoms with E-state index < -0.39 is 0 Å². The molecule has 0 N–H and O–H groups in total. The summed E-state index contributed by atoms with van der Waals surface area (Å²) in [5.41, 5.74) is 8.23. The number of rotatable bonds is 2. The Bertz CT molecular complexity index is 2100. The summed E-state index contributed by atoms with van der Waals surface area (Å²) in [6, 6.07) is 20.8. The highest BCUT2D eigenvalue weighted by molar-refractivity contribution is 14.1. The minimum atomic E-state index is 0.133. The van der Waals surface area contributed by atoms with Gasteiger partial charge in [-0.1, -0.05) is 77.9 Å². The van der Waals surface area contributed by atoms with Crippen molar-refractivity contribution in [3.8, 4) is 0 Å². The number of fused-ring (bicyclic) bond motifs is 7. The highest BCUT2D eigenvalue weighted by Crippen LogP contribution is 2.47. The van der Waals surface area contributed by atoms with Crippen LogP contribution in [-0.4, -0.2) is 9.38 Å². The molecule has 4 heteroatoms. The Morgan fingerprint density at radius 3 is 2.18 bits per heavy atom. The highest BCUT2D eigenvalue weighted by Gasteiger charge is 2.26. The number of aromatic nitrogens is 2. The molecule has 7 aromatic rings. The Labute approximate surface area is 256 Å². The summed E-state index contributed by atoms with van der Waals surface area (Å²) in [5.74, 6) is 0. The van der Waals surface area contributed by atoms with Gasteiger partial charge in [0, 0.05) is 40.3 Å². The van der Waals surface area contributed by atoms with E-state index in [1.54, 1.807) is 0 Å². The lowest BCUT2D eigenvalue weighted by atomic mass is 9.83. The predicted octanol–water partition coefficient (Wildman–Crippen LogP) is 10.9. The van der Waals surface area contributed by atoms with Crippen LogP contribution in [0.4, 0.5) is 0 Å². The van der Waals surface area contributed by atoms with Crippen LogP contribution in [0, 0.1) is 18.0 Å². The van der Waals surface area contributed by atoms with Gasteiger partial charge in [0.15, 0.2) is 0 Å². The van der Waals surface area contributed by atoms with E-state index >= 15 is 0 Å². The van der Waals surface area contributed by atoms with Crippen molar-refractivity contribution in [3.05, 3.63) is 79.1 Å². The molecule has 0 saturated carbocycles. The average molecular weight is 734 g/mol. The second-order valence-electron chi connectivity index (χ2n) is 13.6. The monoisotopic (exact) mass is 734 g/mol. The fourth-order valence-corrected chi connectivity index (χ4v) is 8.19. The minimum Gasteiger partial charge on any atom is -0.308 e. The van der Waals surface area contributed by atoms with E-state index in [1.165, 1.54) is 72.5 Å². The minimum absolute atomic E-state index is 0.133. The Hall–Kier alpha value is -2.19. The van der Waals surface area contributed by atoms with Crippen LogP contribution in [0.25, 0.3) is 59.8 Å². The van der Waals surface area contributed by atoms with Gasteiger partial charge in [0.1, 0.15) is 0 Å². The van der Waals surface area contributed by atoms with Crippen LogP contribution in [-0.2, 0) is 12.8 Å². The fourth-order valence-electron chi connectivity index (χ4n) is 6.64. The van der Waals surface area contributed by atoms with Crippen molar-refractivity contribution in [1.29, 1.82) is 0 Å². The van der Waals surface area contributed by atoms with Gasteiger partial charge in [-0.2, -0.15) is 0 Å². The molecule has 0 radical (unpaired) electrons. The number of halogens is 2. The molecule has 0 bridgehead atoms. The molecule has 0 amide bonds. The third kappa shape index (κ3) is 3.95. The first-order valence-electron chi connectivity index (χ1n) is 13.7. The maximum atomic E-state index is 5.11. The van der Waals surface area contributed by atoms with Crippen LogP contribution in [0.2, 0.25) is 0 Å². The van der Waals surface area contributed by atoms with Gasteiger partial charge in [0.05, 0.1) is 22.1 Å². The van der Waals surface area contributed by atoms with Crippen LogP contribution in [0.5, 0.6) is 0 Å². The summed E-state index contributed by atoms with van der Waals surface area (Å²) in [5, 5.41) is 9.20. The van der Waals surface area contributed by atoms with Gasteiger partial charge in [0.2, 0.25) is 0 Å². The standard InChI is InChI=1S/C35H32I2N2/c1-34(2,3)17-19-11-12-21-20(15-19)16-24-31-28-23(13-14-38-31)29(36)30(37)27-22-9-7-8-10-26(22)39(33(27)28)32(24)25(21)18-35(4,5)6/h7-16H,17-18H2,1-6H3. The summed E-state index contributed by atoms with van der Waals surface area (Å²) in [7, 11) is 0. The molecule has 0 aliphatic rings. The first-order chi connectivity index (χ1) is 18.4. The Balaban J connectivity index is 1.79. The van der Waals surface area contributed by atoms with Gasteiger partial charge in [0.25, 0.3) is 0 Å². The molecule has 3 heterocycles. The molecule has 0 unspecified atom stereocenters. The van der Waals surface area contributed by atoms with E-state index in [0.29, 0.717) is 0 Å². The Kier molecular flexibility index (Phi) is 5.72. The van der Waals surface area contributed by atoms with Gasteiger partial charge in [-0.25, -0.2) is 0 Å². The summed E-state index contributed by atoms with van der Waals surface area (Å²) in [4.78, 5) is 5.11. The van der Waals surface area contributed by atoms with Crippen molar-refractivity contribution >= 4 is 105 Å². The quantitative estimate of drug-likeness (QED) is 0.0982. The molecule has 196 valence electrons. The predicted molar refractivity (Wildman–Crippen MR) is 186 cm³/mol. The van der Waals surface area contributed by atoms with E-state index in [4.69, 9.17) is 4.98 Å². The first-order valence-corrected chi connectivity index (χ1v) is 15.9. The van der Waals surface area contributed by atoms with Gasteiger partial charge in [-0.3, -0.25) is 4.98 Å². The number of hydrogen-bond donors (Lipinski definition) is 0. The number of para-hydroxylation sites is 1. The van der Waals surface area contributed by atoms with Gasteiger partial charge < -0.3 is 4.40 Å². The van der Waals surface area contributed by atoms with Crippen molar-refractivity contribution in [2.45, 2.75) is 54.4 Å². The van der Waals surface area contributed by atoms with Gasteiger partial charge >= 0.3 is 0 Å². The maximum Gasteiger partial charge on any atom is 0.0823 e.